The van der Waals surface area contributed by atoms with Crippen molar-refractivity contribution in [1.82, 2.24) is 4.98 Å². The fourth-order valence-electron chi connectivity index (χ4n) is 3.34. The summed E-state index contributed by atoms with van der Waals surface area (Å²) in [7, 11) is 0. The van der Waals surface area contributed by atoms with Crippen LogP contribution in [-0.2, 0) is 9.59 Å². The number of halogens is 1. The molecule has 1 aromatic heterocycles. The Bertz CT molecular complexity index is 1270. The molecule has 0 saturated carbocycles. The number of aromatic nitrogens is 1. The number of oxazole rings is 1. The fraction of sp³-hybridized carbons (Fsp3) is 0.174. The zero-order valence-corrected chi connectivity index (χ0v) is 17.0. The van der Waals surface area contributed by atoms with Crippen molar-refractivity contribution in [3.8, 4) is 17.2 Å². The second-order valence-electron chi connectivity index (χ2n) is 7.05. The summed E-state index contributed by atoms with van der Waals surface area (Å²) in [5.74, 6) is -3.29. The molecule has 0 spiro atoms. The number of hydrogen-bond donors (Lipinski definition) is 2. The molecule has 0 fully saturated rings. The van der Waals surface area contributed by atoms with E-state index in [-0.39, 0.29) is 19.4 Å². The molecule has 0 bridgehead atoms. The Morgan fingerprint density at radius 2 is 1.74 bits per heavy atom. The van der Waals surface area contributed by atoms with Crippen LogP contribution in [0.2, 0.25) is 5.02 Å². The molecular weight excluding hydrogens is 422 g/mol. The van der Waals surface area contributed by atoms with Gasteiger partial charge in [-0.2, -0.15) is 0 Å². The maximum Gasteiger partial charge on any atom is 0.317 e. The van der Waals surface area contributed by atoms with Crippen LogP contribution in [-0.4, -0.2) is 33.7 Å². The molecule has 0 unspecified atom stereocenters. The van der Waals surface area contributed by atoms with Crippen LogP contribution in [0, 0.1) is 5.92 Å². The van der Waals surface area contributed by atoms with Crippen LogP contribution in [0.15, 0.2) is 59.0 Å². The zero-order chi connectivity index (χ0) is 22.0. The number of hydrogen-bond acceptors (Lipinski definition) is 5. The van der Waals surface area contributed by atoms with Gasteiger partial charge in [0.15, 0.2) is 11.5 Å². The minimum Gasteiger partial charge on any atom is -0.493 e. The van der Waals surface area contributed by atoms with Crippen molar-refractivity contribution in [3.05, 3.63) is 59.6 Å². The van der Waals surface area contributed by atoms with Crippen molar-refractivity contribution in [3.63, 3.8) is 0 Å². The SMILES string of the molecule is O=C(O)C(CCCOc1cc2ccccc2cc1-c1nc2cc(Cl)ccc2o1)C(=O)O. The van der Waals surface area contributed by atoms with E-state index in [9.17, 15) is 9.59 Å². The van der Waals surface area contributed by atoms with Crippen LogP contribution >= 0.6 is 11.6 Å². The van der Waals surface area contributed by atoms with E-state index in [0.717, 1.165) is 10.8 Å². The molecule has 1 heterocycles. The smallest absolute Gasteiger partial charge is 0.317 e. The molecule has 4 aromatic rings. The molecule has 0 aliphatic heterocycles. The Labute approximate surface area is 181 Å². The number of carboxylic acid groups (broad SMARTS) is 2. The monoisotopic (exact) mass is 439 g/mol. The summed E-state index contributed by atoms with van der Waals surface area (Å²) in [6.07, 6.45) is 0.230. The van der Waals surface area contributed by atoms with Gasteiger partial charge in [-0.05, 0) is 53.9 Å². The molecule has 0 aliphatic rings. The fourth-order valence-corrected chi connectivity index (χ4v) is 3.51. The van der Waals surface area contributed by atoms with Crippen LogP contribution in [0.1, 0.15) is 12.8 Å². The van der Waals surface area contributed by atoms with Gasteiger partial charge in [-0.25, -0.2) is 4.98 Å². The number of rotatable bonds is 8. The lowest BCUT2D eigenvalue weighted by Crippen LogP contribution is -2.23. The van der Waals surface area contributed by atoms with Crippen molar-refractivity contribution in [2.75, 3.05) is 6.61 Å². The Morgan fingerprint density at radius 1 is 1.03 bits per heavy atom. The third-order valence-corrected chi connectivity index (χ3v) is 5.15. The van der Waals surface area contributed by atoms with Crippen LogP contribution < -0.4 is 4.74 Å². The Hall–Kier alpha value is -3.58. The third-order valence-electron chi connectivity index (χ3n) is 4.92. The minimum absolute atomic E-state index is 0.0328. The van der Waals surface area contributed by atoms with Gasteiger partial charge >= 0.3 is 11.9 Å². The summed E-state index contributed by atoms with van der Waals surface area (Å²) < 4.78 is 11.8. The highest BCUT2D eigenvalue weighted by atomic mass is 35.5. The average Bonchev–Trinajstić information content (AvgIpc) is 3.15. The molecule has 0 aliphatic carbocycles. The van der Waals surface area contributed by atoms with Crippen LogP contribution in [0.5, 0.6) is 5.75 Å². The summed E-state index contributed by atoms with van der Waals surface area (Å²) in [6, 6.07) is 16.7. The molecule has 2 N–H and O–H groups in total. The maximum absolute atomic E-state index is 11.0. The van der Waals surface area contributed by atoms with Gasteiger partial charge in [0.05, 0.1) is 12.2 Å². The average molecular weight is 440 g/mol. The first-order valence-corrected chi connectivity index (χ1v) is 9.98. The molecule has 8 heteroatoms. The molecule has 158 valence electrons. The van der Waals surface area contributed by atoms with E-state index in [1.165, 1.54) is 0 Å². The highest BCUT2D eigenvalue weighted by Crippen LogP contribution is 2.36. The van der Waals surface area contributed by atoms with Crippen LogP contribution in [0.25, 0.3) is 33.3 Å². The van der Waals surface area contributed by atoms with Crippen LogP contribution in [0.3, 0.4) is 0 Å². The quantitative estimate of drug-likeness (QED) is 0.285. The molecule has 31 heavy (non-hydrogen) atoms. The lowest BCUT2D eigenvalue weighted by atomic mass is 10.0. The summed E-state index contributed by atoms with van der Waals surface area (Å²) in [4.78, 5) is 26.6. The van der Waals surface area contributed by atoms with Gasteiger partial charge in [-0.15, -0.1) is 0 Å². The number of aliphatic carboxylic acids is 2. The van der Waals surface area contributed by atoms with E-state index in [1.807, 2.05) is 36.4 Å². The zero-order valence-electron chi connectivity index (χ0n) is 16.2. The first-order valence-electron chi connectivity index (χ1n) is 9.60. The van der Waals surface area contributed by atoms with Crippen molar-refractivity contribution in [2.24, 2.45) is 5.92 Å². The number of carboxylic acids is 2. The van der Waals surface area contributed by atoms with Gasteiger partial charge in [0.2, 0.25) is 5.89 Å². The van der Waals surface area contributed by atoms with Gasteiger partial charge in [-0.3, -0.25) is 9.59 Å². The third kappa shape index (κ3) is 4.46. The normalized spacial score (nSPS) is 11.3. The molecule has 0 atom stereocenters. The summed E-state index contributed by atoms with van der Waals surface area (Å²) in [5.41, 5.74) is 1.84. The lowest BCUT2D eigenvalue weighted by Gasteiger charge is -2.12. The maximum atomic E-state index is 11.0. The van der Waals surface area contributed by atoms with Crippen molar-refractivity contribution < 1.29 is 29.0 Å². The van der Waals surface area contributed by atoms with Crippen molar-refractivity contribution in [2.45, 2.75) is 12.8 Å². The Kier molecular flexibility index (Phi) is 5.77. The summed E-state index contributed by atoms with van der Waals surface area (Å²) in [6.45, 7) is 0.147. The van der Waals surface area contributed by atoms with E-state index in [0.29, 0.717) is 33.3 Å². The predicted octanol–water partition coefficient (Wildman–Crippen LogP) is 5.25. The van der Waals surface area contributed by atoms with E-state index in [4.69, 9.17) is 31.0 Å². The molecule has 0 saturated heterocycles. The Morgan fingerprint density at radius 3 is 2.45 bits per heavy atom. The van der Waals surface area contributed by atoms with E-state index in [1.54, 1.807) is 18.2 Å². The van der Waals surface area contributed by atoms with Gasteiger partial charge in [-0.1, -0.05) is 35.9 Å². The van der Waals surface area contributed by atoms with Crippen molar-refractivity contribution >= 4 is 45.4 Å². The largest absolute Gasteiger partial charge is 0.493 e. The standard InChI is InChI=1S/C23H18ClNO6/c24-15-7-8-19-18(12-15)25-21(31-19)17-10-13-4-1-2-5-14(13)11-20(17)30-9-3-6-16(22(26)27)23(28)29/h1-2,4-5,7-8,10-12,16H,3,6,9H2,(H,26,27)(H,28,29). The summed E-state index contributed by atoms with van der Waals surface area (Å²) in [5, 5.41) is 20.5. The highest BCUT2D eigenvalue weighted by molar-refractivity contribution is 6.31. The van der Waals surface area contributed by atoms with Gasteiger partial charge in [0.1, 0.15) is 11.3 Å². The van der Waals surface area contributed by atoms with Gasteiger partial charge < -0.3 is 19.4 Å². The number of nitrogens with zero attached hydrogens (tertiary/aromatic N) is 1. The van der Waals surface area contributed by atoms with Gasteiger partial charge in [0.25, 0.3) is 0 Å². The van der Waals surface area contributed by atoms with Crippen LogP contribution in [0.4, 0.5) is 0 Å². The number of ether oxygens (including phenoxy) is 1. The molecule has 7 nitrogen and oxygen atoms in total. The molecule has 0 radical (unpaired) electrons. The molecule has 0 amide bonds. The first kappa shape index (κ1) is 20.7. The number of fused-ring (bicyclic) bond motifs is 2. The lowest BCUT2D eigenvalue weighted by molar-refractivity contribution is -0.154. The van der Waals surface area contributed by atoms with E-state index >= 15 is 0 Å². The van der Waals surface area contributed by atoms with Crippen molar-refractivity contribution in [1.29, 1.82) is 0 Å². The summed E-state index contributed by atoms with van der Waals surface area (Å²) >= 11 is 6.05. The molecular formula is C23H18ClNO6. The van der Waals surface area contributed by atoms with Gasteiger partial charge in [0, 0.05) is 5.02 Å². The second-order valence-corrected chi connectivity index (χ2v) is 7.48. The second kappa shape index (κ2) is 8.65. The number of carbonyl (C=O) groups is 2. The first-order chi connectivity index (χ1) is 14.9. The molecule has 4 rings (SSSR count). The Balaban J connectivity index is 1.63. The minimum atomic E-state index is -1.46. The van der Waals surface area contributed by atoms with E-state index in [2.05, 4.69) is 4.98 Å². The number of benzene rings is 3. The predicted molar refractivity (Wildman–Crippen MR) is 115 cm³/mol. The molecule has 3 aromatic carbocycles. The van der Waals surface area contributed by atoms with E-state index < -0.39 is 17.9 Å². The highest BCUT2D eigenvalue weighted by Gasteiger charge is 2.25. The topological polar surface area (TPSA) is 110 Å².